The van der Waals surface area contributed by atoms with E-state index in [1.807, 2.05) is 0 Å². The van der Waals surface area contributed by atoms with Crippen molar-refractivity contribution in [3.8, 4) is 0 Å². The summed E-state index contributed by atoms with van der Waals surface area (Å²) in [6.45, 7) is 5.36. The van der Waals surface area contributed by atoms with Crippen LogP contribution in [-0.2, 0) is 0 Å². The second kappa shape index (κ2) is 5.76. The summed E-state index contributed by atoms with van der Waals surface area (Å²) < 4.78 is 26.4. The predicted octanol–water partition coefficient (Wildman–Crippen LogP) is 2.79. The Balaban J connectivity index is 0.00000256. The predicted molar refractivity (Wildman–Crippen MR) is 66.0 cm³/mol. The molecule has 0 amide bonds. The van der Waals surface area contributed by atoms with Crippen molar-refractivity contribution in [2.45, 2.75) is 32.9 Å². The highest BCUT2D eigenvalue weighted by molar-refractivity contribution is 5.85. The van der Waals surface area contributed by atoms with Crippen molar-refractivity contribution in [3.63, 3.8) is 0 Å². The molecule has 17 heavy (non-hydrogen) atoms. The number of hydrogen-bond donors (Lipinski definition) is 2. The first kappa shape index (κ1) is 16.3. The van der Waals surface area contributed by atoms with E-state index in [-0.39, 0.29) is 18.0 Å². The van der Waals surface area contributed by atoms with Gasteiger partial charge in [0.05, 0.1) is 12.1 Å². The molecule has 0 saturated carbocycles. The third-order valence-electron chi connectivity index (χ3n) is 2.57. The first-order valence-electron chi connectivity index (χ1n) is 5.12. The minimum atomic E-state index is -0.988. The number of aliphatic hydroxyl groups excluding tert-OH is 1. The summed E-state index contributed by atoms with van der Waals surface area (Å²) in [6.07, 6.45) is -0.941. The number of halogens is 3. The van der Waals surface area contributed by atoms with Crippen LogP contribution in [0.5, 0.6) is 0 Å². The molecule has 0 aliphatic carbocycles. The normalized spacial score (nSPS) is 15.0. The molecule has 0 aliphatic rings. The van der Waals surface area contributed by atoms with Crippen LogP contribution in [0.2, 0.25) is 0 Å². The molecule has 0 aliphatic heterocycles. The van der Waals surface area contributed by atoms with Gasteiger partial charge in [-0.15, -0.1) is 12.4 Å². The Kier molecular flexibility index (Phi) is 5.52. The number of hydrogen-bond acceptors (Lipinski definition) is 2. The van der Waals surface area contributed by atoms with Crippen molar-refractivity contribution < 1.29 is 13.9 Å². The van der Waals surface area contributed by atoms with E-state index in [9.17, 15) is 13.9 Å². The number of aliphatic hydroxyl groups is 1. The smallest absolute Gasteiger partial charge is 0.163 e. The molecule has 0 fully saturated rings. The SMILES string of the molecule is CC(C)(C)[C@@H](O)[C@@H](N)c1cccc(F)c1F.Cl. The molecule has 1 aromatic carbocycles. The summed E-state index contributed by atoms with van der Waals surface area (Å²) in [4.78, 5) is 0. The van der Waals surface area contributed by atoms with Crippen LogP contribution in [0, 0.1) is 17.0 Å². The highest BCUT2D eigenvalue weighted by Gasteiger charge is 2.31. The van der Waals surface area contributed by atoms with Gasteiger partial charge in [-0.2, -0.15) is 0 Å². The van der Waals surface area contributed by atoms with Crippen molar-refractivity contribution in [1.82, 2.24) is 0 Å². The van der Waals surface area contributed by atoms with Crippen molar-refractivity contribution in [2.75, 3.05) is 0 Å². The molecule has 0 aromatic heterocycles. The Bertz CT molecular complexity index is 379. The summed E-state index contributed by atoms with van der Waals surface area (Å²) in [7, 11) is 0. The van der Waals surface area contributed by atoms with Crippen LogP contribution in [0.3, 0.4) is 0 Å². The molecular weight excluding hydrogens is 248 g/mol. The maximum absolute atomic E-state index is 13.4. The highest BCUT2D eigenvalue weighted by atomic mass is 35.5. The third kappa shape index (κ3) is 3.63. The van der Waals surface area contributed by atoms with Crippen molar-refractivity contribution in [2.24, 2.45) is 11.1 Å². The standard InChI is InChI=1S/C12H17F2NO.ClH/c1-12(2,3)11(16)10(15)7-5-4-6-8(13)9(7)14;/h4-6,10-11,16H,15H2,1-3H3;1H/t10-,11-;/m0./s1. The molecule has 0 saturated heterocycles. The van der Waals surface area contributed by atoms with Crippen LogP contribution in [0.4, 0.5) is 8.78 Å². The van der Waals surface area contributed by atoms with E-state index in [1.165, 1.54) is 12.1 Å². The number of nitrogens with two attached hydrogens (primary N) is 1. The van der Waals surface area contributed by atoms with Crippen molar-refractivity contribution in [3.05, 3.63) is 35.4 Å². The summed E-state index contributed by atoms with van der Waals surface area (Å²) in [5, 5.41) is 9.91. The molecule has 0 heterocycles. The molecule has 0 bridgehead atoms. The summed E-state index contributed by atoms with van der Waals surface area (Å²) in [5.74, 6) is -1.94. The Morgan fingerprint density at radius 1 is 1.24 bits per heavy atom. The molecule has 2 nitrogen and oxygen atoms in total. The largest absolute Gasteiger partial charge is 0.391 e. The fourth-order valence-electron chi connectivity index (χ4n) is 1.49. The summed E-state index contributed by atoms with van der Waals surface area (Å²) in [6, 6.07) is 2.85. The number of rotatable bonds is 2. The minimum absolute atomic E-state index is 0. The van der Waals surface area contributed by atoms with Gasteiger partial charge < -0.3 is 10.8 Å². The topological polar surface area (TPSA) is 46.2 Å². The van der Waals surface area contributed by atoms with E-state index in [0.717, 1.165) is 6.07 Å². The van der Waals surface area contributed by atoms with Crippen LogP contribution in [-0.4, -0.2) is 11.2 Å². The van der Waals surface area contributed by atoms with Gasteiger partial charge in [0, 0.05) is 5.56 Å². The quantitative estimate of drug-likeness (QED) is 0.864. The molecule has 3 N–H and O–H groups in total. The van der Waals surface area contributed by atoms with Gasteiger partial charge in [-0.1, -0.05) is 32.9 Å². The average molecular weight is 266 g/mol. The maximum Gasteiger partial charge on any atom is 0.163 e. The molecule has 0 spiro atoms. The van der Waals surface area contributed by atoms with Crippen LogP contribution in [0.15, 0.2) is 18.2 Å². The Labute approximate surface area is 106 Å². The fraction of sp³-hybridized carbons (Fsp3) is 0.500. The zero-order chi connectivity index (χ0) is 12.5. The average Bonchev–Trinajstić information content (AvgIpc) is 2.18. The van der Waals surface area contributed by atoms with Gasteiger partial charge in [-0.3, -0.25) is 0 Å². The van der Waals surface area contributed by atoms with E-state index < -0.39 is 29.2 Å². The van der Waals surface area contributed by atoms with Crippen LogP contribution < -0.4 is 5.73 Å². The lowest BCUT2D eigenvalue weighted by molar-refractivity contribution is 0.0390. The first-order valence-corrected chi connectivity index (χ1v) is 5.12. The molecule has 0 unspecified atom stereocenters. The molecular formula is C12H18ClF2NO. The van der Waals surface area contributed by atoms with E-state index in [2.05, 4.69) is 0 Å². The van der Waals surface area contributed by atoms with Crippen LogP contribution >= 0.6 is 12.4 Å². The van der Waals surface area contributed by atoms with Gasteiger partial charge in [0.1, 0.15) is 0 Å². The lowest BCUT2D eigenvalue weighted by Gasteiger charge is -2.31. The summed E-state index contributed by atoms with van der Waals surface area (Å²) in [5.41, 5.74) is 5.25. The van der Waals surface area contributed by atoms with Crippen LogP contribution in [0.25, 0.3) is 0 Å². The van der Waals surface area contributed by atoms with Gasteiger partial charge in [0.15, 0.2) is 11.6 Å². The maximum atomic E-state index is 13.4. The van der Waals surface area contributed by atoms with Crippen LogP contribution in [0.1, 0.15) is 32.4 Å². The first-order chi connectivity index (χ1) is 7.25. The van der Waals surface area contributed by atoms with Gasteiger partial charge in [0.2, 0.25) is 0 Å². The van der Waals surface area contributed by atoms with Gasteiger partial charge in [-0.25, -0.2) is 8.78 Å². The third-order valence-corrected chi connectivity index (χ3v) is 2.57. The fourth-order valence-corrected chi connectivity index (χ4v) is 1.49. The summed E-state index contributed by atoms with van der Waals surface area (Å²) >= 11 is 0. The van der Waals surface area contributed by atoms with Crippen molar-refractivity contribution >= 4 is 12.4 Å². The second-order valence-corrected chi connectivity index (χ2v) is 4.98. The molecule has 1 aromatic rings. The molecule has 5 heteroatoms. The molecule has 98 valence electrons. The highest BCUT2D eigenvalue weighted by Crippen LogP contribution is 2.30. The van der Waals surface area contributed by atoms with E-state index in [4.69, 9.17) is 5.73 Å². The zero-order valence-electron chi connectivity index (χ0n) is 10.1. The van der Waals surface area contributed by atoms with Gasteiger partial charge >= 0.3 is 0 Å². The number of benzene rings is 1. The van der Waals surface area contributed by atoms with E-state index in [1.54, 1.807) is 20.8 Å². The zero-order valence-corrected chi connectivity index (χ0v) is 10.9. The molecule has 2 atom stereocenters. The Morgan fingerprint density at radius 2 is 1.76 bits per heavy atom. The second-order valence-electron chi connectivity index (χ2n) is 4.98. The molecule has 1 rings (SSSR count). The molecule has 0 radical (unpaired) electrons. The lowest BCUT2D eigenvalue weighted by Crippen LogP contribution is -2.37. The van der Waals surface area contributed by atoms with Gasteiger partial charge in [0.25, 0.3) is 0 Å². The van der Waals surface area contributed by atoms with E-state index >= 15 is 0 Å². The van der Waals surface area contributed by atoms with E-state index in [0.29, 0.717) is 0 Å². The van der Waals surface area contributed by atoms with Crippen molar-refractivity contribution in [1.29, 1.82) is 0 Å². The Hall–Kier alpha value is -0.710. The van der Waals surface area contributed by atoms with Gasteiger partial charge in [-0.05, 0) is 11.5 Å². The Morgan fingerprint density at radius 3 is 2.24 bits per heavy atom. The minimum Gasteiger partial charge on any atom is -0.391 e. The lowest BCUT2D eigenvalue weighted by atomic mass is 9.82. The monoisotopic (exact) mass is 265 g/mol.